The van der Waals surface area contributed by atoms with Crippen molar-refractivity contribution in [3.05, 3.63) is 64.5 Å². The Morgan fingerprint density at radius 1 is 1.00 bits per heavy atom. The molecule has 4 aromatic rings. The summed E-state index contributed by atoms with van der Waals surface area (Å²) in [5.41, 5.74) is 4.41. The van der Waals surface area contributed by atoms with Gasteiger partial charge in [0.2, 0.25) is 0 Å². The first-order valence-electron chi connectivity index (χ1n) is 11.0. The number of nitrogens with one attached hydrogen (secondary N) is 2. The fourth-order valence-electron chi connectivity index (χ4n) is 4.03. The number of rotatable bonds is 5. The predicted molar refractivity (Wildman–Crippen MR) is 135 cm³/mol. The maximum Gasteiger partial charge on any atom is 0.338 e. The van der Waals surface area contributed by atoms with E-state index in [4.69, 9.17) is 9.72 Å². The van der Waals surface area contributed by atoms with Crippen molar-refractivity contribution in [1.29, 1.82) is 0 Å². The highest BCUT2D eigenvalue weighted by Gasteiger charge is 2.25. The minimum Gasteiger partial charge on any atom is -0.462 e. The molecule has 0 fully saturated rings. The lowest BCUT2D eigenvalue weighted by atomic mass is 9.96. The van der Waals surface area contributed by atoms with Crippen molar-refractivity contribution < 1.29 is 14.3 Å². The number of nitrogens with zero attached hydrogens (tertiary/aromatic N) is 1. The molecule has 8 heteroatoms. The van der Waals surface area contributed by atoms with Crippen LogP contribution in [0.5, 0.6) is 0 Å². The number of ether oxygens (including phenoxy) is 1. The number of aromatic nitrogens is 1. The third-order valence-corrected chi connectivity index (χ3v) is 7.82. The first-order chi connectivity index (χ1) is 16.1. The molecule has 0 spiro atoms. The van der Waals surface area contributed by atoms with Crippen molar-refractivity contribution in [2.75, 3.05) is 17.2 Å². The summed E-state index contributed by atoms with van der Waals surface area (Å²) in [6.45, 7) is 2.09. The van der Waals surface area contributed by atoms with Crippen LogP contribution in [0.15, 0.2) is 48.5 Å². The summed E-state index contributed by atoms with van der Waals surface area (Å²) in [5, 5.41) is 7.71. The summed E-state index contributed by atoms with van der Waals surface area (Å²) in [4.78, 5) is 30.9. The van der Waals surface area contributed by atoms with Gasteiger partial charge in [0.05, 0.1) is 22.4 Å². The number of thiophene rings is 1. The number of carbonyl (C=O) groups is 2. The standard InChI is InChI=1S/C25H23N3O3S2/c1-2-31-24(29)15-11-13-16(14-12-15)26-25(30)28-23-21(17-7-3-5-9-19(17)32-23)22-27-18-8-4-6-10-20(18)33-22/h4,6,8,10-14H,2-3,5,7,9H2,1H3,(H2,26,28,30). The van der Waals surface area contributed by atoms with E-state index in [1.54, 1.807) is 53.9 Å². The lowest BCUT2D eigenvalue weighted by molar-refractivity contribution is 0.0526. The molecule has 0 radical (unpaired) electrons. The van der Waals surface area contributed by atoms with Crippen molar-refractivity contribution >= 4 is 55.6 Å². The van der Waals surface area contributed by atoms with E-state index in [9.17, 15) is 9.59 Å². The number of aryl methyl sites for hydroxylation is 1. The van der Waals surface area contributed by atoms with Gasteiger partial charge in [0.25, 0.3) is 0 Å². The molecule has 2 aromatic carbocycles. The van der Waals surface area contributed by atoms with Crippen LogP contribution in [-0.2, 0) is 17.6 Å². The zero-order valence-electron chi connectivity index (χ0n) is 18.1. The van der Waals surface area contributed by atoms with Gasteiger partial charge in [-0.2, -0.15) is 0 Å². The summed E-state index contributed by atoms with van der Waals surface area (Å²) in [6, 6.07) is 14.5. The van der Waals surface area contributed by atoms with Gasteiger partial charge in [-0.3, -0.25) is 5.32 Å². The monoisotopic (exact) mass is 477 g/mol. The Labute approximate surface area is 199 Å². The molecule has 1 aliphatic rings. The van der Waals surface area contributed by atoms with Crippen LogP contribution >= 0.6 is 22.7 Å². The number of amides is 2. The third kappa shape index (κ3) is 4.49. The van der Waals surface area contributed by atoms with Gasteiger partial charge in [-0.25, -0.2) is 14.6 Å². The molecule has 168 valence electrons. The highest BCUT2D eigenvalue weighted by molar-refractivity contribution is 7.22. The Morgan fingerprint density at radius 2 is 1.79 bits per heavy atom. The molecule has 6 nitrogen and oxygen atoms in total. The minimum atomic E-state index is -0.377. The molecule has 2 amide bonds. The lowest BCUT2D eigenvalue weighted by Crippen LogP contribution is -2.19. The highest BCUT2D eigenvalue weighted by atomic mass is 32.1. The summed E-state index contributed by atoms with van der Waals surface area (Å²) in [7, 11) is 0. The second-order valence-corrected chi connectivity index (χ2v) is 9.91. The molecule has 5 rings (SSSR count). The summed E-state index contributed by atoms with van der Waals surface area (Å²) in [6.07, 6.45) is 4.37. The zero-order valence-corrected chi connectivity index (χ0v) is 19.8. The average molecular weight is 478 g/mol. The number of anilines is 2. The van der Waals surface area contributed by atoms with E-state index in [0.717, 1.165) is 45.1 Å². The van der Waals surface area contributed by atoms with Gasteiger partial charge in [0.1, 0.15) is 10.0 Å². The largest absolute Gasteiger partial charge is 0.462 e. The Bertz CT molecular complexity index is 1290. The van der Waals surface area contributed by atoms with Crippen molar-refractivity contribution in [2.45, 2.75) is 32.6 Å². The van der Waals surface area contributed by atoms with Gasteiger partial charge in [-0.15, -0.1) is 22.7 Å². The first kappa shape index (κ1) is 21.6. The maximum atomic E-state index is 12.8. The SMILES string of the molecule is CCOC(=O)c1ccc(NC(=O)Nc2sc3c(c2-c2nc4ccccc4s2)CCCC3)cc1. The van der Waals surface area contributed by atoms with E-state index in [-0.39, 0.29) is 12.0 Å². The second kappa shape index (κ2) is 9.33. The molecule has 2 heterocycles. The van der Waals surface area contributed by atoms with Crippen molar-refractivity contribution in [1.82, 2.24) is 4.98 Å². The number of hydrogen-bond donors (Lipinski definition) is 2. The number of fused-ring (bicyclic) bond motifs is 2. The molecule has 0 aliphatic heterocycles. The second-order valence-electron chi connectivity index (χ2n) is 7.78. The first-order valence-corrected chi connectivity index (χ1v) is 12.6. The van der Waals surface area contributed by atoms with Gasteiger partial charge in [0.15, 0.2) is 0 Å². The van der Waals surface area contributed by atoms with Gasteiger partial charge < -0.3 is 10.1 Å². The van der Waals surface area contributed by atoms with Crippen molar-refractivity contribution in [2.24, 2.45) is 0 Å². The number of benzene rings is 2. The van der Waals surface area contributed by atoms with Gasteiger partial charge >= 0.3 is 12.0 Å². The molecule has 0 atom stereocenters. The van der Waals surface area contributed by atoms with Crippen LogP contribution in [0.1, 0.15) is 40.6 Å². The van der Waals surface area contributed by atoms with Crippen LogP contribution in [0.3, 0.4) is 0 Å². The highest BCUT2D eigenvalue weighted by Crippen LogP contribution is 2.46. The zero-order chi connectivity index (χ0) is 22.8. The molecule has 2 aromatic heterocycles. The minimum absolute atomic E-state index is 0.320. The number of hydrogen-bond acceptors (Lipinski definition) is 6. The van der Waals surface area contributed by atoms with Gasteiger partial charge in [0, 0.05) is 16.1 Å². The number of thiazole rings is 1. The smallest absolute Gasteiger partial charge is 0.338 e. The number of urea groups is 1. The quantitative estimate of drug-likeness (QED) is 0.313. The Hall–Kier alpha value is -3.23. The normalized spacial score (nSPS) is 12.9. The molecule has 33 heavy (non-hydrogen) atoms. The fourth-order valence-corrected chi connectivity index (χ4v) is 6.42. The number of carbonyl (C=O) groups excluding carboxylic acids is 2. The maximum absolute atomic E-state index is 12.8. The Balaban J connectivity index is 1.39. The Kier molecular flexibility index (Phi) is 6.11. The topological polar surface area (TPSA) is 80.3 Å². The summed E-state index contributed by atoms with van der Waals surface area (Å²) in [5.74, 6) is -0.377. The molecule has 0 saturated carbocycles. The Morgan fingerprint density at radius 3 is 2.58 bits per heavy atom. The number of esters is 1. The van der Waals surface area contributed by atoms with E-state index < -0.39 is 0 Å². The van der Waals surface area contributed by atoms with E-state index in [1.165, 1.54) is 16.9 Å². The molecule has 0 bridgehead atoms. The van der Waals surface area contributed by atoms with Crippen LogP contribution in [0.2, 0.25) is 0 Å². The van der Waals surface area contributed by atoms with Crippen LogP contribution in [0.25, 0.3) is 20.8 Å². The van der Waals surface area contributed by atoms with Crippen molar-refractivity contribution in [3.63, 3.8) is 0 Å². The molecule has 2 N–H and O–H groups in total. The van der Waals surface area contributed by atoms with Gasteiger partial charge in [-0.1, -0.05) is 12.1 Å². The van der Waals surface area contributed by atoms with E-state index in [2.05, 4.69) is 16.7 Å². The predicted octanol–water partition coefficient (Wildman–Crippen LogP) is 6.72. The third-order valence-electron chi connectivity index (χ3n) is 5.56. The van der Waals surface area contributed by atoms with Crippen LogP contribution < -0.4 is 10.6 Å². The van der Waals surface area contributed by atoms with E-state index >= 15 is 0 Å². The number of para-hydroxylation sites is 1. The van der Waals surface area contributed by atoms with Gasteiger partial charge in [-0.05, 0) is 74.6 Å². The lowest BCUT2D eigenvalue weighted by Gasteiger charge is -2.12. The molecular weight excluding hydrogens is 454 g/mol. The van der Waals surface area contributed by atoms with E-state index in [1.807, 2.05) is 18.2 Å². The average Bonchev–Trinajstić information content (AvgIpc) is 3.40. The van der Waals surface area contributed by atoms with Crippen LogP contribution in [0.4, 0.5) is 15.5 Å². The van der Waals surface area contributed by atoms with Crippen LogP contribution in [0, 0.1) is 0 Å². The van der Waals surface area contributed by atoms with Crippen LogP contribution in [-0.4, -0.2) is 23.6 Å². The molecular formula is C25H23N3O3S2. The molecule has 0 saturated heterocycles. The summed E-state index contributed by atoms with van der Waals surface area (Å²) < 4.78 is 6.14. The fraction of sp³-hybridized carbons (Fsp3) is 0.240. The van der Waals surface area contributed by atoms with Crippen molar-refractivity contribution in [3.8, 4) is 10.6 Å². The molecule has 0 unspecified atom stereocenters. The summed E-state index contributed by atoms with van der Waals surface area (Å²) >= 11 is 3.31. The molecule has 1 aliphatic carbocycles. The van der Waals surface area contributed by atoms with E-state index in [0.29, 0.717) is 17.9 Å².